The van der Waals surface area contributed by atoms with Gasteiger partial charge in [-0.2, -0.15) is 0 Å². The monoisotopic (exact) mass is 477 g/mol. The quantitative estimate of drug-likeness (QED) is 0.477. The summed E-state index contributed by atoms with van der Waals surface area (Å²) in [4.78, 5) is 39.5. The lowest BCUT2D eigenvalue weighted by molar-refractivity contribution is -0.128. The number of hydrogen-bond donors (Lipinski definition) is 3. The Morgan fingerprint density at radius 2 is 1.68 bits per heavy atom. The Labute approximate surface area is 200 Å². The first-order valence-corrected chi connectivity index (χ1v) is 11.9. The molecule has 2 aliphatic carbocycles. The zero-order valence-corrected chi connectivity index (χ0v) is 19.0. The number of ether oxygens (including phenoxy) is 1. The third-order valence-electron chi connectivity index (χ3n) is 6.36. The van der Waals surface area contributed by atoms with Gasteiger partial charge in [-0.05, 0) is 35.1 Å². The lowest BCUT2D eigenvalue weighted by atomic mass is 9.79. The number of benzene rings is 2. The average molecular weight is 478 g/mol. The van der Waals surface area contributed by atoms with E-state index in [9.17, 15) is 14.4 Å². The number of rotatable bonds is 7. The number of carboxylic acid groups (broad SMARTS) is 1. The number of carbonyl (C=O) groups excluding carboxylic acids is 2. The maximum absolute atomic E-state index is 12.4. The minimum absolute atomic E-state index is 0.00516. The Kier molecular flexibility index (Phi) is 6.02. The van der Waals surface area contributed by atoms with Crippen LogP contribution in [0, 0.1) is 5.92 Å². The zero-order valence-electron chi connectivity index (χ0n) is 18.2. The molecule has 0 atom stereocenters. The third-order valence-corrected chi connectivity index (χ3v) is 7.21. The van der Waals surface area contributed by atoms with Gasteiger partial charge >= 0.3 is 12.1 Å². The Morgan fingerprint density at radius 1 is 1.03 bits per heavy atom. The van der Waals surface area contributed by atoms with Crippen molar-refractivity contribution in [1.82, 2.24) is 15.6 Å². The molecule has 1 aromatic heterocycles. The van der Waals surface area contributed by atoms with E-state index in [1.165, 1.54) is 27.8 Å². The van der Waals surface area contributed by atoms with Crippen LogP contribution in [0.4, 0.5) is 4.79 Å². The summed E-state index contributed by atoms with van der Waals surface area (Å²) in [5.41, 5.74) is 4.65. The van der Waals surface area contributed by atoms with Crippen molar-refractivity contribution in [3.8, 4) is 11.1 Å². The van der Waals surface area contributed by atoms with Crippen LogP contribution >= 0.6 is 11.3 Å². The van der Waals surface area contributed by atoms with E-state index >= 15 is 0 Å². The van der Waals surface area contributed by atoms with Gasteiger partial charge in [-0.15, -0.1) is 11.3 Å². The Morgan fingerprint density at radius 3 is 2.29 bits per heavy atom. The van der Waals surface area contributed by atoms with Crippen LogP contribution in [0.3, 0.4) is 0 Å². The highest BCUT2D eigenvalue weighted by Gasteiger charge is 2.36. The Bertz CT molecular complexity index is 1210. The van der Waals surface area contributed by atoms with Crippen LogP contribution in [-0.2, 0) is 16.1 Å². The van der Waals surface area contributed by atoms with Crippen molar-refractivity contribution < 1.29 is 24.2 Å². The summed E-state index contributed by atoms with van der Waals surface area (Å²) in [6.45, 7) is 0.445. The number of alkyl carbamates (subject to hydrolysis) is 1. The standard InChI is InChI=1S/C25H23N3O5S/c29-23(26-11-22-28-21(13-34-22)24(30)31)14-9-15(10-14)27-25(32)33-12-20-18-7-3-1-5-16(18)17-6-2-4-8-19(17)20/h1-8,13-15,20H,9-12H2,(H,26,29)(H,27,32)(H,30,31). The van der Waals surface area contributed by atoms with Gasteiger partial charge in [0.1, 0.15) is 11.6 Å². The molecule has 174 valence electrons. The van der Waals surface area contributed by atoms with Crippen LogP contribution < -0.4 is 10.6 Å². The number of aromatic carboxylic acids is 1. The second kappa shape index (κ2) is 9.26. The molecule has 0 bridgehead atoms. The van der Waals surface area contributed by atoms with Crippen molar-refractivity contribution in [3.05, 3.63) is 75.7 Å². The molecule has 0 unspecified atom stereocenters. The van der Waals surface area contributed by atoms with Gasteiger partial charge in [0.2, 0.25) is 5.91 Å². The molecule has 2 amide bonds. The molecular formula is C25H23N3O5S. The highest BCUT2D eigenvalue weighted by atomic mass is 32.1. The second-order valence-electron chi connectivity index (χ2n) is 8.48. The molecule has 0 aliphatic heterocycles. The van der Waals surface area contributed by atoms with Crippen molar-refractivity contribution in [1.29, 1.82) is 0 Å². The summed E-state index contributed by atoms with van der Waals surface area (Å²) in [7, 11) is 0. The summed E-state index contributed by atoms with van der Waals surface area (Å²) < 4.78 is 5.56. The maximum Gasteiger partial charge on any atom is 0.407 e. The van der Waals surface area contributed by atoms with E-state index in [-0.39, 0.29) is 42.6 Å². The van der Waals surface area contributed by atoms with Gasteiger partial charge in [0.05, 0.1) is 6.54 Å². The first-order valence-electron chi connectivity index (χ1n) is 11.1. The van der Waals surface area contributed by atoms with E-state index in [0.717, 1.165) is 11.1 Å². The van der Waals surface area contributed by atoms with E-state index in [1.54, 1.807) is 0 Å². The predicted molar refractivity (Wildman–Crippen MR) is 126 cm³/mol. The van der Waals surface area contributed by atoms with Gasteiger partial charge in [0.25, 0.3) is 0 Å². The van der Waals surface area contributed by atoms with Gasteiger partial charge in [0.15, 0.2) is 5.69 Å². The maximum atomic E-state index is 12.4. The number of hydrogen-bond acceptors (Lipinski definition) is 6. The van der Waals surface area contributed by atoms with E-state index < -0.39 is 12.1 Å². The van der Waals surface area contributed by atoms with Crippen molar-refractivity contribution in [2.45, 2.75) is 31.3 Å². The Hall–Kier alpha value is -3.72. The van der Waals surface area contributed by atoms with Crippen molar-refractivity contribution in [2.24, 2.45) is 5.92 Å². The van der Waals surface area contributed by atoms with Crippen LogP contribution in [0.1, 0.15) is 45.4 Å². The molecule has 0 radical (unpaired) electrons. The molecule has 1 saturated carbocycles. The number of nitrogens with one attached hydrogen (secondary N) is 2. The van der Waals surface area contributed by atoms with E-state index in [2.05, 4.69) is 39.9 Å². The van der Waals surface area contributed by atoms with E-state index in [0.29, 0.717) is 17.8 Å². The van der Waals surface area contributed by atoms with Crippen LogP contribution in [-0.4, -0.2) is 40.7 Å². The molecule has 2 aliphatic rings. The minimum atomic E-state index is -1.09. The first kappa shape index (κ1) is 22.1. The van der Waals surface area contributed by atoms with Crippen LogP contribution in [0.5, 0.6) is 0 Å². The lowest BCUT2D eigenvalue weighted by Gasteiger charge is -2.34. The SMILES string of the molecule is O=C(NC1CC(C(=O)NCc2nc(C(=O)O)cs2)C1)OCC1c2ccccc2-c2ccccc21. The molecule has 3 aromatic rings. The second-order valence-corrected chi connectivity index (χ2v) is 9.43. The highest BCUT2D eigenvalue weighted by molar-refractivity contribution is 7.09. The molecule has 1 fully saturated rings. The number of fused-ring (bicyclic) bond motifs is 3. The largest absolute Gasteiger partial charge is 0.476 e. The van der Waals surface area contributed by atoms with Crippen molar-refractivity contribution in [2.75, 3.05) is 6.61 Å². The summed E-state index contributed by atoms with van der Waals surface area (Å²) in [6.07, 6.45) is 0.595. The number of thiazole rings is 1. The van der Waals surface area contributed by atoms with Crippen LogP contribution in [0.15, 0.2) is 53.9 Å². The fourth-order valence-electron chi connectivity index (χ4n) is 4.55. The molecule has 9 heteroatoms. The molecule has 1 heterocycles. The molecule has 8 nitrogen and oxygen atoms in total. The van der Waals surface area contributed by atoms with Crippen molar-refractivity contribution in [3.63, 3.8) is 0 Å². The zero-order chi connectivity index (χ0) is 23.7. The summed E-state index contributed by atoms with van der Waals surface area (Å²) >= 11 is 1.19. The lowest BCUT2D eigenvalue weighted by Crippen LogP contribution is -2.49. The average Bonchev–Trinajstić information content (AvgIpc) is 3.41. The number of amides is 2. The van der Waals surface area contributed by atoms with E-state index in [1.807, 2.05) is 24.3 Å². The van der Waals surface area contributed by atoms with Gasteiger partial charge in [-0.1, -0.05) is 48.5 Å². The number of carbonyl (C=O) groups is 3. The summed E-state index contributed by atoms with van der Waals surface area (Å²) in [5.74, 6) is -1.41. The molecule has 34 heavy (non-hydrogen) atoms. The molecular weight excluding hydrogens is 454 g/mol. The number of nitrogens with zero attached hydrogens (tertiary/aromatic N) is 1. The fourth-order valence-corrected chi connectivity index (χ4v) is 5.26. The summed E-state index contributed by atoms with van der Waals surface area (Å²) in [5, 5.41) is 16.5. The highest BCUT2D eigenvalue weighted by Crippen LogP contribution is 2.44. The number of aromatic nitrogens is 1. The molecule has 0 saturated heterocycles. The Balaban J connectivity index is 1.07. The third kappa shape index (κ3) is 4.38. The molecule has 5 rings (SSSR count). The topological polar surface area (TPSA) is 118 Å². The predicted octanol–water partition coefficient (Wildman–Crippen LogP) is 3.77. The smallest absolute Gasteiger partial charge is 0.407 e. The first-order chi connectivity index (χ1) is 16.5. The van der Waals surface area contributed by atoms with Gasteiger partial charge < -0.3 is 20.5 Å². The van der Waals surface area contributed by atoms with Gasteiger partial charge in [-0.3, -0.25) is 4.79 Å². The van der Waals surface area contributed by atoms with Crippen LogP contribution in [0.25, 0.3) is 11.1 Å². The summed E-state index contributed by atoms with van der Waals surface area (Å²) in [6, 6.07) is 16.2. The molecule has 3 N–H and O–H groups in total. The van der Waals surface area contributed by atoms with Gasteiger partial charge in [-0.25, -0.2) is 14.6 Å². The molecule has 2 aromatic carbocycles. The number of carboxylic acids is 1. The fraction of sp³-hybridized carbons (Fsp3) is 0.280. The normalized spacial score (nSPS) is 18.4. The van der Waals surface area contributed by atoms with Crippen molar-refractivity contribution >= 4 is 29.3 Å². The van der Waals surface area contributed by atoms with Gasteiger partial charge in [0, 0.05) is 23.3 Å². The van der Waals surface area contributed by atoms with Crippen LogP contribution in [0.2, 0.25) is 0 Å². The van der Waals surface area contributed by atoms with E-state index in [4.69, 9.17) is 9.84 Å². The minimum Gasteiger partial charge on any atom is -0.476 e. The molecule has 0 spiro atoms.